The van der Waals surface area contributed by atoms with Crippen molar-refractivity contribution in [1.29, 1.82) is 0 Å². The van der Waals surface area contributed by atoms with E-state index in [1.165, 1.54) is 6.07 Å². The lowest BCUT2D eigenvalue weighted by Gasteiger charge is -2.05. The number of aliphatic carboxylic acids is 1. The number of nitrogens with zero attached hydrogens (tertiary/aromatic N) is 1. The van der Waals surface area contributed by atoms with Gasteiger partial charge in [-0.15, -0.1) is 0 Å². The summed E-state index contributed by atoms with van der Waals surface area (Å²) in [5.74, 6) is -1.26. The highest BCUT2D eigenvalue weighted by molar-refractivity contribution is 6.30. The Kier molecular flexibility index (Phi) is 6.10. The number of carboxylic acid groups (broad SMARTS) is 1. The summed E-state index contributed by atoms with van der Waals surface area (Å²) in [6.45, 7) is 3.65. The zero-order chi connectivity index (χ0) is 17.7. The third-order valence-electron chi connectivity index (χ3n) is 3.92. The van der Waals surface area contributed by atoms with Crippen LogP contribution in [0.2, 0.25) is 5.02 Å². The van der Waals surface area contributed by atoms with Crippen molar-refractivity contribution in [3.05, 3.63) is 70.3 Å². The highest BCUT2D eigenvalue weighted by atomic mass is 35.5. The highest BCUT2D eigenvalue weighted by Crippen LogP contribution is 2.33. The van der Waals surface area contributed by atoms with Crippen molar-refractivity contribution in [3.63, 3.8) is 0 Å². The number of benzene rings is 1. The third kappa shape index (κ3) is 4.65. The molecule has 5 heteroatoms. The van der Waals surface area contributed by atoms with Crippen LogP contribution in [0.25, 0.3) is 5.57 Å². The van der Waals surface area contributed by atoms with E-state index in [2.05, 4.69) is 4.98 Å². The van der Waals surface area contributed by atoms with Crippen LogP contribution in [0.3, 0.4) is 0 Å². The molecule has 1 unspecified atom stereocenters. The minimum absolute atomic E-state index is 0.132. The quantitative estimate of drug-likeness (QED) is 0.826. The molecule has 0 aliphatic heterocycles. The van der Waals surface area contributed by atoms with E-state index in [1.54, 1.807) is 25.3 Å². The number of rotatable bonds is 2. The molecule has 24 heavy (non-hydrogen) atoms. The summed E-state index contributed by atoms with van der Waals surface area (Å²) >= 11 is 5.89. The van der Waals surface area contributed by atoms with Gasteiger partial charge in [0.2, 0.25) is 0 Å². The normalized spacial score (nSPS) is 16.2. The average Bonchev–Trinajstić information content (AvgIpc) is 3.03. The van der Waals surface area contributed by atoms with Gasteiger partial charge in [0.05, 0.1) is 10.9 Å². The molecule has 1 aromatic heterocycles. The highest BCUT2D eigenvalue weighted by Gasteiger charge is 2.23. The van der Waals surface area contributed by atoms with Gasteiger partial charge in [-0.3, -0.25) is 9.78 Å². The second-order valence-corrected chi connectivity index (χ2v) is 6.15. The van der Waals surface area contributed by atoms with Gasteiger partial charge >= 0.3 is 5.97 Å². The molecule has 1 aromatic carbocycles. The maximum absolute atomic E-state index is 12.3. The molecule has 126 valence electrons. The van der Waals surface area contributed by atoms with Crippen LogP contribution in [0, 0.1) is 25.6 Å². The predicted octanol–water partition coefficient (Wildman–Crippen LogP) is 5.06. The molecule has 3 nitrogen and oxygen atoms in total. The minimum atomic E-state index is -0.761. The Morgan fingerprint density at radius 2 is 2.04 bits per heavy atom. The van der Waals surface area contributed by atoms with E-state index in [4.69, 9.17) is 16.7 Å². The third-order valence-corrected chi connectivity index (χ3v) is 4.13. The Morgan fingerprint density at radius 3 is 2.58 bits per heavy atom. The smallest absolute Gasteiger partial charge is 0.310 e. The van der Waals surface area contributed by atoms with Crippen LogP contribution in [-0.4, -0.2) is 16.1 Å². The number of carboxylic acids is 1. The molecule has 1 heterocycles. The summed E-state index contributed by atoms with van der Waals surface area (Å²) in [6.07, 6.45) is 4.85. The molecule has 0 radical (unpaired) electrons. The van der Waals surface area contributed by atoms with Crippen LogP contribution in [-0.2, 0) is 4.79 Å². The second-order valence-electron chi connectivity index (χ2n) is 5.71. The van der Waals surface area contributed by atoms with Crippen molar-refractivity contribution in [2.45, 2.75) is 26.7 Å². The number of hydrogen-bond donors (Lipinski definition) is 1. The molecule has 1 aliphatic carbocycles. The molecule has 1 atom stereocenters. The van der Waals surface area contributed by atoms with Gasteiger partial charge in [0.1, 0.15) is 5.82 Å². The fraction of sp³-hybridized carbons (Fsp3) is 0.263. The van der Waals surface area contributed by atoms with Gasteiger partial charge in [0, 0.05) is 17.5 Å². The van der Waals surface area contributed by atoms with Gasteiger partial charge in [-0.1, -0.05) is 35.9 Å². The van der Waals surface area contributed by atoms with Gasteiger partial charge < -0.3 is 5.11 Å². The first-order valence-corrected chi connectivity index (χ1v) is 8.03. The van der Waals surface area contributed by atoms with E-state index in [-0.39, 0.29) is 11.7 Å². The molecular weight excluding hydrogens is 329 g/mol. The number of halogens is 2. The molecule has 0 bridgehead atoms. The maximum atomic E-state index is 12.3. The van der Waals surface area contributed by atoms with Crippen LogP contribution in [0.1, 0.15) is 29.7 Å². The first-order valence-electron chi connectivity index (χ1n) is 7.65. The number of pyridine rings is 1. The second kappa shape index (κ2) is 8.06. The first kappa shape index (κ1) is 18.1. The monoisotopic (exact) mass is 347 g/mol. The minimum Gasteiger partial charge on any atom is -0.481 e. The Labute approximate surface area is 145 Å². The number of allylic oxidation sites excluding steroid dienone is 1. The summed E-state index contributed by atoms with van der Waals surface area (Å²) < 4.78 is 12.3. The summed E-state index contributed by atoms with van der Waals surface area (Å²) in [5, 5.41) is 9.50. The fourth-order valence-corrected chi connectivity index (χ4v) is 2.68. The maximum Gasteiger partial charge on any atom is 0.310 e. The molecule has 0 saturated heterocycles. The number of aryl methyl sites for hydroxylation is 2. The Balaban J connectivity index is 0.000000219. The van der Waals surface area contributed by atoms with Gasteiger partial charge in [-0.25, -0.2) is 4.39 Å². The molecule has 2 aromatic rings. The van der Waals surface area contributed by atoms with E-state index >= 15 is 0 Å². The fourth-order valence-electron chi connectivity index (χ4n) is 2.52. The molecule has 1 aliphatic rings. The zero-order valence-electron chi connectivity index (χ0n) is 13.6. The van der Waals surface area contributed by atoms with E-state index in [0.717, 1.165) is 23.3 Å². The van der Waals surface area contributed by atoms with Crippen molar-refractivity contribution in [2.75, 3.05) is 0 Å². The predicted molar refractivity (Wildman–Crippen MR) is 93.5 cm³/mol. The van der Waals surface area contributed by atoms with Crippen LogP contribution in [0.4, 0.5) is 4.39 Å². The van der Waals surface area contributed by atoms with Crippen molar-refractivity contribution in [3.8, 4) is 0 Å². The van der Waals surface area contributed by atoms with E-state index in [9.17, 15) is 9.18 Å². The van der Waals surface area contributed by atoms with E-state index < -0.39 is 5.97 Å². The van der Waals surface area contributed by atoms with E-state index in [1.807, 2.05) is 25.1 Å². The largest absolute Gasteiger partial charge is 0.481 e. The summed E-state index contributed by atoms with van der Waals surface area (Å²) in [4.78, 5) is 15.0. The van der Waals surface area contributed by atoms with Crippen molar-refractivity contribution in [1.82, 2.24) is 4.98 Å². The molecule has 0 saturated carbocycles. The number of hydrogen-bond acceptors (Lipinski definition) is 2. The Hall–Kier alpha value is -2.20. The average molecular weight is 348 g/mol. The van der Waals surface area contributed by atoms with Crippen LogP contribution in [0.15, 0.2) is 42.6 Å². The lowest BCUT2D eigenvalue weighted by atomic mass is 10.0. The number of aromatic nitrogens is 1. The Morgan fingerprint density at radius 1 is 1.33 bits per heavy atom. The SMILES string of the molecule is Cc1ccccc1F.Cc1ncc(Cl)cc1C1=CC(C(=O)O)CC1. The van der Waals surface area contributed by atoms with Gasteiger partial charge in [0.15, 0.2) is 0 Å². The summed E-state index contributed by atoms with van der Waals surface area (Å²) in [6, 6.07) is 8.55. The first-order chi connectivity index (χ1) is 11.4. The zero-order valence-corrected chi connectivity index (χ0v) is 14.3. The van der Waals surface area contributed by atoms with Crippen LogP contribution >= 0.6 is 11.6 Å². The molecule has 0 amide bonds. The molecular formula is C19H19ClFNO2. The molecule has 0 spiro atoms. The summed E-state index contributed by atoms with van der Waals surface area (Å²) in [5.41, 5.74) is 3.60. The van der Waals surface area contributed by atoms with Gasteiger partial charge in [-0.2, -0.15) is 0 Å². The lowest BCUT2D eigenvalue weighted by molar-refractivity contribution is -0.140. The molecule has 1 N–H and O–H groups in total. The number of carbonyl (C=O) groups is 1. The van der Waals surface area contributed by atoms with E-state index in [0.29, 0.717) is 17.0 Å². The Bertz CT molecular complexity index is 753. The summed E-state index contributed by atoms with van der Waals surface area (Å²) in [7, 11) is 0. The standard InChI is InChI=1S/C12H12ClNO2.C7H7F/c1-7-11(5-10(13)6-14-7)8-2-3-9(4-8)12(15)16;1-6-4-2-3-5-7(6)8/h4-6,9H,2-3H2,1H3,(H,15,16);2-5H,1H3. The molecule has 0 fully saturated rings. The van der Waals surface area contributed by atoms with Crippen LogP contribution < -0.4 is 0 Å². The van der Waals surface area contributed by atoms with Crippen LogP contribution in [0.5, 0.6) is 0 Å². The van der Waals surface area contributed by atoms with Crippen molar-refractivity contribution < 1.29 is 14.3 Å². The topological polar surface area (TPSA) is 50.2 Å². The van der Waals surface area contributed by atoms with Crippen molar-refractivity contribution in [2.24, 2.45) is 5.92 Å². The van der Waals surface area contributed by atoms with Gasteiger partial charge in [-0.05, 0) is 50.0 Å². The lowest BCUT2D eigenvalue weighted by Crippen LogP contribution is -2.06. The van der Waals surface area contributed by atoms with Crippen molar-refractivity contribution >= 4 is 23.1 Å². The molecule has 3 rings (SSSR count). The van der Waals surface area contributed by atoms with Gasteiger partial charge in [0.25, 0.3) is 0 Å².